The fraction of sp³-hybridized carbons (Fsp3) is 0.222. The van der Waals surface area contributed by atoms with E-state index in [1.54, 1.807) is 12.1 Å². The van der Waals surface area contributed by atoms with E-state index in [1.807, 2.05) is 51.1 Å². The summed E-state index contributed by atoms with van der Waals surface area (Å²) in [5.74, 6) is -0.170. The second-order valence-electron chi connectivity index (χ2n) is 5.48. The van der Waals surface area contributed by atoms with Gasteiger partial charge in [-0.15, -0.1) is 0 Å². The van der Waals surface area contributed by atoms with Gasteiger partial charge in [0.1, 0.15) is 5.75 Å². The van der Waals surface area contributed by atoms with Crippen molar-refractivity contribution in [1.82, 2.24) is 10.9 Å². The molecule has 2 aromatic rings. The number of ether oxygens (including phenoxy) is 1. The van der Waals surface area contributed by atoms with Crippen LogP contribution in [0, 0.1) is 20.8 Å². The van der Waals surface area contributed by atoms with E-state index < -0.39 is 5.91 Å². The number of aryl methyl sites for hydroxylation is 3. The van der Waals surface area contributed by atoms with Crippen molar-refractivity contribution in [3.05, 3.63) is 64.7 Å². The largest absolute Gasteiger partial charge is 0.484 e. The van der Waals surface area contributed by atoms with Crippen molar-refractivity contribution >= 4 is 11.8 Å². The van der Waals surface area contributed by atoms with Crippen LogP contribution in [0.1, 0.15) is 27.0 Å². The Morgan fingerprint density at radius 3 is 2.09 bits per heavy atom. The molecule has 0 unspecified atom stereocenters. The van der Waals surface area contributed by atoms with Crippen LogP contribution < -0.4 is 15.6 Å². The summed E-state index contributed by atoms with van der Waals surface area (Å²) in [4.78, 5) is 23.6. The van der Waals surface area contributed by atoms with Crippen molar-refractivity contribution in [3.63, 3.8) is 0 Å². The van der Waals surface area contributed by atoms with Crippen LogP contribution in [0.5, 0.6) is 5.75 Å². The molecule has 2 N–H and O–H groups in total. The second-order valence-corrected chi connectivity index (χ2v) is 5.48. The van der Waals surface area contributed by atoms with Crippen molar-refractivity contribution in [2.24, 2.45) is 0 Å². The van der Waals surface area contributed by atoms with Crippen LogP contribution in [-0.2, 0) is 4.79 Å². The average Bonchev–Trinajstić information content (AvgIpc) is 2.50. The summed E-state index contributed by atoms with van der Waals surface area (Å²) in [7, 11) is 0. The normalized spacial score (nSPS) is 10.0. The predicted octanol–water partition coefficient (Wildman–Crippen LogP) is 2.45. The van der Waals surface area contributed by atoms with Crippen molar-refractivity contribution < 1.29 is 14.3 Å². The number of rotatable bonds is 4. The highest BCUT2D eigenvalue weighted by atomic mass is 16.5. The zero-order valence-corrected chi connectivity index (χ0v) is 13.5. The molecule has 0 aliphatic carbocycles. The Labute approximate surface area is 135 Å². The Balaban J connectivity index is 1.80. The van der Waals surface area contributed by atoms with Gasteiger partial charge in [0.05, 0.1) is 0 Å². The molecule has 0 fully saturated rings. The molecule has 0 aliphatic rings. The third-order valence-corrected chi connectivity index (χ3v) is 3.19. The topological polar surface area (TPSA) is 67.4 Å². The smallest absolute Gasteiger partial charge is 0.276 e. The number of benzene rings is 2. The SMILES string of the molecule is Cc1ccc(C(=O)NNC(=O)COc2cc(C)cc(C)c2)cc1. The van der Waals surface area contributed by atoms with Gasteiger partial charge >= 0.3 is 0 Å². The first-order valence-electron chi connectivity index (χ1n) is 7.31. The number of amides is 2. The minimum Gasteiger partial charge on any atom is -0.484 e. The lowest BCUT2D eigenvalue weighted by molar-refractivity contribution is -0.123. The molecule has 0 atom stereocenters. The molecule has 2 rings (SSSR count). The van der Waals surface area contributed by atoms with E-state index in [9.17, 15) is 9.59 Å². The molecule has 0 spiro atoms. The van der Waals surface area contributed by atoms with Gasteiger partial charge in [-0.3, -0.25) is 20.4 Å². The standard InChI is InChI=1S/C18H20N2O3/c1-12-4-6-15(7-5-12)18(22)20-19-17(21)11-23-16-9-13(2)8-14(3)10-16/h4-10H,11H2,1-3H3,(H,19,21)(H,20,22). The van der Waals surface area contributed by atoms with Crippen molar-refractivity contribution in [3.8, 4) is 5.75 Å². The molecule has 0 bridgehead atoms. The minimum absolute atomic E-state index is 0.170. The van der Waals surface area contributed by atoms with Gasteiger partial charge in [-0.25, -0.2) is 0 Å². The lowest BCUT2D eigenvalue weighted by atomic mass is 10.1. The summed E-state index contributed by atoms with van der Waals surface area (Å²) in [5, 5.41) is 0. The van der Waals surface area contributed by atoms with Gasteiger partial charge in [-0.2, -0.15) is 0 Å². The summed E-state index contributed by atoms with van der Waals surface area (Å²) < 4.78 is 5.42. The molecular formula is C18H20N2O3. The van der Waals surface area contributed by atoms with E-state index in [0.29, 0.717) is 11.3 Å². The monoisotopic (exact) mass is 312 g/mol. The van der Waals surface area contributed by atoms with Gasteiger partial charge in [0.15, 0.2) is 6.61 Å². The average molecular weight is 312 g/mol. The van der Waals surface area contributed by atoms with Crippen LogP contribution >= 0.6 is 0 Å². The van der Waals surface area contributed by atoms with E-state index in [-0.39, 0.29) is 12.5 Å². The van der Waals surface area contributed by atoms with Crippen molar-refractivity contribution in [2.45, 2.75) is 20.8 Å². The fourth-order valence-electron chi connectivity index (χ4n) is 2.10. The maximum atomic E-state index is 11.9. The molecular weight excluding hydrogens is 292 g/mol. The molecule has 0 radical (unpaired) electrons. The third-order valence-electron chi connectivity index (χ3n) is 3.19. The van der Waals surface area contributed by atoms with Crippen LogP contribution in [0.2, 0.25) is 0 Å². The quantitative estimate of drug-likeness (QED) is 0.852. The molecule has 0 heterocycles. The molecule has 5 heteroatoms. The Hall–Kier alpha value is -2.82. The number of hydrazine groups is 1. The van der Waals surface area contributed by atoms with E-state index in [2.05, 4.69) is 10.9 Å². The van der Waals surface area contributed by atoms with Crippen molar-refractivity contribution in [1.29, 1.82) is 0 Å². The van der Waals surface area contributed by atoms with E-state index in [4.69, 9.17) is 4.74 Å². The molecule has 0 saturated carbocycles. The molecule has 5 nitrogen and oxygen atoms in total. The number of carbonyl (C=O) groups is 2. The highest BCUT2D eigenvalue weighted by molar-refractivity contribution is 5.95. The summed E-state index contributed by atoms with van der Waals surface area (Å²) >= 11 is 0. The minimum atomic E-state index is -0.426. The van der Waals surface area contributed by atoms with Crippen molar-refractivity contribution in [2.75, 3.05) is 6.61 Å². The van der Waals surface area contributed by atoms with Gasteiger partial charge < -0.3 is 4.74 Å². The van der Waals surface area contributed by atoms with E-state index in [1.165, 1.54) is 0 Å². The Kier molecular flexibility index (Phi) is 5.36. The predicted molar refractivity (Wildman–Crippen MR) is 88.2 cm³/mol. The molecule has 2 aromatic carbocycles. The zero-order chi connectivity index (χ0) is 16.8. The molecule has 120 valence electrons. The summed E-state index contributed by atoms with van der Waals surface area (Å²) in [6.45, 7) is 5.69. The summed E-state index contributed by atoms with van der Waals surface area (Å²) in [6.07, 6.45) is 0. The molecule has 0 saturated heterocycles. The van der Waals surface area contributed by atoms with Gasteiger partial charge in [-0.05, 0) is 56.2 Å². The van der Waals surface area contributed by atoms with Gasteiger partial charge in [0.2, 0.25) is 0 Å². The molecule has 0 aromatic heterocycles. The Bertz CT molecular complexity index is 688. The van der Waals surface area contributed by atoms with Gasteiger partial charge in [0, 0.05) is 5.56 Å². The zero-order valence-electron chi connectivity index (χ0n) is 13.5. The second kappa shape index (κ2) is 7.45. The molecule has 0 aliphatic heterocycles. The first-order chi connectivity index (χ1) is 10.9. The number of carbonyl (C=O) groups excluding carboxylic acids is 2. The summed E-state index contributed by atoms with van der Waals surface area (Å²) in [6, 6.07) is 12.8. The lowest BCUT2D eigenvalue weighted by Crippen LogP contribution is -2.43. The van der Waals surface area contributed by atoms with Crippen LogP contribution in [0.15, 0.2) is 42.5 Å². The highest BCUT2D eigenvalue weighted by Gasteiger charge is 2.08. The van der Waals surface area contributed by atoms with Crippen LogP contribution in [0.3, 0.4) is 0 Å². The fourth-order valence-corrected chi connectivity index (χ4v) is 2.10. The first kappa shape index (κ1) is 16.5. The lowest BCUT2D eigenvalue weighted by Gasteiger charge is -2.10. The first-order valence-corrected chi connectivity index (χ1v) is 7.31. The Morgan fingerprint density at radius 2 is 1.48 bits per heavy atom. The van der Waals surface area contributed by atoms with Gasteiger partial charge in [0.25, 0.3) is 11.8 Å². The maximum Gasteiger partial charge on any atom is 0.276 e. The van der Waals surface area contributed by atoms with Crippen LogP contribution in [0.4, 0.5) is 0 Å². The van der Waals surface area contributed by atoms with Gasteiger partial charge in [-0.1, -0.05) is 23.8 Å². The van der Waals surface area contributed by atoms with Crippen LogP contribution in [0.25, 0.3) is 0 Å². The molecule has 23 heavy (non-hydrogen) atoms. The summed E-state index contributed by atoms with van der Waals surface area (Å²) in [5.41, 5.74) is 8.36. The van der Waals surface area contributed by atoms with Crippen LogP contribution in [-0.4, -0.2) is 18.4 Å². The third kappa shape index (κ3) is 5.14. The van der Waals surface area contributed by atoms with E-state index >= 15 is 0 Å². The number of hydrogen-bond acceptors (Lipinski definition) is 3. The molecule has 2 amide bonds. The number of nitrogens with one attached hydrogen (secondary N) is 2. The highest BCUT2D eigenvalue weighted by Crippen LogP contribution is 2.15. The van der Waals surface area contributed by atoms with E-state index in [0.717, 1.165) is 16.7 Å². The number of hydrogen-bond donors (Lipinski definition) is 2. The maximum absolute atomic E-state index is 11.9. The Morgan fingerprint density at radius 1 is 0.870 bits per heavy atom.